The standard InChI is InChI=1S/C11H15BrN2O2S/c12-11-4-2-10(3-5-11)6-9-17(15,16)14-8-1-7-13/h2-6,9,14H,1,7-8,13H2/b9-6+. The fourth-order valence-electron chi connectivity index (χ4n) is 1.11. The van der Waals surface area contributed by atoms with Gasteiger partial charge in [0.15, 0.2) is 0 Å². The maximum absolute atomic E-state index is 11.5. The normalized spacial score (nSPS) is 12.1. The zero-order valence-corrected chi connectivity index (χ0v) is 11.7. The molecule has 0 unspecified atom stereocenters. The van der Waals surface area contributed by atoms with Gasteiger partial charge in [0.05, 0.1) is 0 Å². The first kappa shape index (κ1) is 14.4. The summed E-state index contributed by atoms with van der Waals surface area (Å²) in [5, 5.41) is 1.16. The van der Waals surface area contributed by atoms with Crippen molar-refractivity contribution in [1.29, 1.82) is 0 Å². The Morgan fingerprint density at radius 2 is 1.94 bits per heavy atom. The van der Waals surface area contributed by atoms with Crippen molar-refractivity contribution in [3.8, 4) is 0 Å². The third-order valence-corrected chi connectivity index (χ3v) is 3.62. The van der Waals surface area contributed by atoms with E-state index in [1.807, 2.05) is 24.3 Å². The number of nitrogens with two attached hydrogens (primary N) is 1. The molecule has 0 aliphatic rings. The molecule has 0 aromatic heterocycles. The molecule has 1 aromatic carbocycles. The lowest BCUT2D eigenvalue weighted by atomic mass is 10.2. The first-order valence-corrected chi connectivity index (χ1v) is 7.51. The largest absolute Gasteiger partial charge is 0.330 e. The van der Waals surface area contributed by atoms with Crippen LogP contribution in [0.25, 0.3) is 6.08 Å². The van der Waals surface area contributed by atoms with Crippen molar-refractivity contribution in [3.63, 3.8) is 0 Å². The van der Waals surface area contributed by atoms with E-state index in [9.17, 15) is 8.42 Å². The van der Waals surface area contributed by atoms with Crippen LogP contribution in [0.1, 0.15) is 12.0 Å². The lowest BCUT2D eigenvalue weighted by Gasteiger charge is -2.00. The van der Waals surface area contributed by atoms with E-state index < -0.39 is 10.0 Å². The molecule has 0 amide bonds. The number of rotatable bonds is 6. The number of sulfonamides is 1. The summed E-state index contributed by atoms with van der Waals surface area (Å²) < 4.78 is 26.4. The van der Waals surface area contributed by atoms with Crippen LogP contribution < -0.4 is 10.5 Å². The summed E-state index contributed by atoms with van der Waals surface area (Å²) in [4.78, 5) is 0. The summed E-state index contributed by atoms with van der Waals surface area (Å²) in [6, 6.07) is 7.37. The van der Waals surface area contributed by atoms with Gasteiger partial charge in [0.2, 0.25) is 10.0 Å². The summed E-state index contributed by atoms with van der Waals surface area (Å²) >= 11 is 3.31. The van der Waals surface area contributed by atoms with E-state index >= 15 is 0 Å². The van der Waals surface area contributed by atoms with Gasteiger partial charge >= 0.3 is 0 Å². The number of benzene rings is 1. The number of nitrogens with one attached hydrogen (secondary N) is 1. The molecule has 0 atom stereocenters. The van der Waals surface area contributed by atoms with E-state index in [2.05, 4.69) is 20.7 Å². The van der Waals surface area contributed by atoms with Gasteiger partial charge in [-0.25, -0.2) is 13.1 Å². The molecule has 1 aromatic rings. The van der Waals surface area contributed by atoms with Crippen LogP contribution >= 0.6 is 15.9 Å². The first-order valence-electron chi connectivity index (χ1n) is 5.17. The minimum atomic E-state index is -3.36. The Kier molecular flexibility index (Phi) is 5.84. The molecule has 0 aliphatic carbocycles. The lowest BCUT2D eigenvalue weighted by Crippen LogP contribution is -2.24. The van der Waals surface area contributed by atoms with Crippen LogP contribution in [0.4, 0.5) is 0 Å². The second kappa shape index (κ2) is 6.90. The predicted octanol–water partition coefficient (Wildman–Crippen LogP) is 1.69. The quantitative estimate of drug-likeness (QED) is 0.784. The predicted molar refractivity (Wildman–Crippen MR) is 73.8 cm³/mol. The van der Waals surface area contributed by atoms with Crippen molar-refractivity contribution in [2.24, 2.45) is 5.73 Å². The number of halogens is 1. The van der Waals surface area contributed by atoms with Gasteiger partial charge in [0.25, 0.3) is 0 Å². The minimum absolute atomic E-state index is 0.365. The smallest absolute Gasteiger partial charge is 0.233 e. The third-order valence-electron chi connectivity index (χ3n) is 1.99. The average molecular weight is 319 g/mol. The average Bonchev–Trinajstić information content (AvgIpc) is 2.29. The van der Waals surface area contributed by atoms with Crippen LogP contribution in [-0.4, -0.2) is 21.5 Å². The molecule has 94 valence electrons. The molecule has 1 rings (SSSR count). The Labute approximate surface area is 110 Å². The van der Waals surface area contributed by atoms with Crippen LogP contribution in [0.3, 0.4) is 0 Å². The molecule has 3 N–H and O–H groups in total. The molecule has 17 heavy (non-hydrogen) atoms. The molecular weight excluding hydrogens is 304 g/mol. The second-order valence-electron chi connectivity index (χ2n) is 3.44. The van der Waals surface area contributed by atoms with Crippen LogP contribution in [0.15, 0.2) is 34.1 Å². The zero-order valence-electron chi connectivity index (χ0n) is 9.27. The molecule has 0 radical (unpaired) electrons. The highest BCUT2D eigenvalue weighted by molar-refractivity contribution is 9.10. The highest BCUT2D eigenvalue weighted by Crippen LogP contribution is 2.11. The SMILES string of the molecule is NCCCNS(=O)(=O)/C=C/c1ccc(Br)cc1. The van der Waals surface area contributed by atoms with Gasteiger partial charge in [0.1, 0.15) is 0 Å². The van der Waals surface area contributed by atoms with E-state index in [1.165, 1.54) is 0 Å². The van der Waals surface area contributed by atoms with Gasteiger partial charge in [-0.3, -0.25) is 0 Å². The van der Waals surface area contributed by atoms with Crippen molar-refractivity contribution < 1.29 is 8.42 Å². The van der Waals surface area contributed by atoms with Crippen molar-refractivity contribution in [1.82, 2.24) is 4.72 Å². The number of hydrogen-bond acceptors (Lipinski definition) is 3. The molecule has 4 nitrogen and oxygen atoms in total. The molecule has 6 heteroatoms. The second-order valence-corrected chi connectivity index (χ2v) is 6.00. The van der Waals surface area contributed by atoms with E-state index in [4.69, 9.17) is 5.73 Å². The Morgan fingerprint density at radius 1 is 1.29 bits per heavy atom. The van der Waals surface area contributed by atoms with Crippen LogP contribution in [0.2, 0.25) is 0 Å². The van der Waals surface area contributed by atoms with Crippen molar-refractivity contribution in [2.45, 2.75) is 6.42 Å². The number of hydrogen-bond donors (Lipinski definition) is 2. The molecular formula is C11H15BrN2O2S. The maximum Gasteiger partial charge on any atom is 0.233 e. The molecule has 0 bridgehead atoms. The molecule has 0 heterocycles. The van der Waals surface area contributed by atoms with E-state index in [0.717, 1.165) is 15.4 Å². The van der Waals surface area contributed by atoms with Crippen LogP contribution in [-0.2, 0) is 10.0 Å². The van der Waals surface area contributed by atoms with Crippen LogP contribution in [0.5, 0.6) is 0 Å². The topological polar surface area (TPSA) is 72.2 Å². The molecule has 0 fully saturated rings. The summed E-state index contributed by atoms with van der Waals surface area (Å²) in [6.07, 6.45) is 2.18. The highest BCUT2D eigenvalue weighted by atomic mass is 79.9. The Morgan fingerprint density at radius 3 is 2.53 bits per heavy atom. The Hall–Kier alpha value is -0.690. The summed E-state index contributed by atoms with van der Waals surface area (Å²) in [7, 11) is -3.36. The first-order chi connectivity index (χ1) is 8.03. The molecule has 0 saturated heterocycles. The van der Waals surface area contributed by atoms with Crippen molar-refractivity contribution in [3.05, 3.63) is 39.7 Å². The van der Waals surface area contributed by atoms with Gasteiger partial charge in [-0.15, -0.1) is 0 Å². The van der Waals surface area contributed by atoms with E-state index in [1.54, 1.807) is 6.08 Å². The fraction of sp³-hybridized carbons (Fsp3) is 0.273. The lowest BCUT2D eigenvalue weighted by molar-refractivity contribution is 0.589. The van der Waals surface area contributed by atoms with Gasteiger partial charge in [-0.2, -0.15) is 0 Å². The van der Waals surface area contributed by atoms with Gasteiger partial charge in [-0.1, -0.05) is 28.1 Å². The summed E-state index contributed by atoms with van der Waals surface area (Å²) in [6.45, 7) is 0.836. The van der Waals surface area contributed by atoms with E-state index in [0.29, 0.717) is 19.5 Å². The van der Waals surface area contributed by atoms with Crippen LogP contribution in [0, 0.1) is 0 Å². The maximum atomic E-state index is 11.5. The van der Waals surface area contributed by atoms with Crippen molar-refractivity contribution >= 4 is 32.0 Å². The molecule has 0 spiro atoms. The van der Waals surface area contributed by atoms with Gasteiger partial charge in [0, 0.05) is 16.4 Å². The minimum Gasteiger partial charge on any atom is -0.330 e. The third kappa shape index (κ3) is 5.97. The molecule has 0 saturated carbocycles. The monoisotopic (exact) mass is 318 g/mol. The Balaban J connectivity index is 2.60. The summed E-state index contributed by atoms with van der Waals surface area (Å²) in [5.41, 5.74) is 6.11. The summed E-state index contributed by atoms with van der Waals surface area (Å²) in [5.74, 6) is 0. The van der Waals surface area contributed by atoms with E-state index in [-0.39, 0.29) is 0 Å². The molecule has 0 aliphatic heterocycles. The highest BCUT2D eigenvalue weighted by Gasteiger charge is 2.02. The van der Waals surface area contributed by atoms with Gasteiger partial charge in [-0.05, 0) is 36.7 Å². The fourth-order valence-corrected chi connectivity index (χ4v) is 2.23. The van der Waals surface area contributed by atoms with Crippen molar-refractivity contribution in [2.75, 3.05) is 13.1 Å². The zero-order chi connectivity index (χ0) is 12.7. The Bertz CT molecular complexity index is 469. The van der Waals surface area contributed by atoms with Gasteiger partial charge < -0.3 is 5.73 Å².